The van der Waals surface area contributed by atoms with Crippen molar-refractivity contribution in [3.05, 3.63) is 60.2 Å². The van der Waals surface area contributed by atoms with E-state index in [-0.39, 0.29) is 11.4 Å². The largest absolute Gasteiger partial charge is 0.478 e. The van der Waals surface area contributed by atoms with Crippen molar-refractivity contribution in [2.45, 2.75) is 0 Å². The smallest absolute Gasteiger partial charge is 0.336 e. The van der Waals surface area contributed by atoms with Crippen molar-refractivity contribution in [2.75, 3.05) is 0 Å². The Hall–Kier alpha value is -2.69. The minimum atomic E-state index is -1.01. The number of halogens is 1. The van der Waals surface area contributed by atoms with Crippen molar-refractivity contribution in [2.24, 2.45) is 0 Å². The van der Waals surface area contributed by atoms with Crippen LogP contribution >= 0.6 is 0 Å². The average Bonchev–Trinajstić information content (AvgIpc) is 2.82. The van der Waals surface area contributed by atoms with E-state index in [1.54, 1.807) is 29.0 Å². The number of benzene rings is 1. The third-order valence-corrected chi connectivity index (χ3v) is 2.90. The van der Waals surface area contributed by atoms with Gasteiger partial charge in [0.25, 0.3) is 0 Å². The van der Waals surface area contributed by atoms with Gasteiger partial charge in [0.05, 0.1) is 5.56 Å². The van der Waals surface area contributed by atoms with E-state index in [2.05, 4.69) is 4.98 Å². The van der Waals surface area contributed by atoms with Crippen LogP contribution in [0.5, 0.6) is 0 Å². The van der Waals surface area contributed by atoms with Crippen molar-refractivity contribution in [1.82, 2.24) is 9.55 Å². The van der Waals surface area contributed by atoms with Gasteiger partial charge in [-0.3, -0.25) is 0 Å². The summed E-state index contributed by atoms with van der Waals surface area (Å²) >= 11 is 0. The number of carboxylic acid groups (broad SMARTS) is 1. The van der Waals surface area contributed by atoms with Gasteiger partial charge in [-0.1, -0.05) is 6.07 Å². The second-order valence-electron chi connectivity index (χ2n) is 4.07. The highest BCUT2D eigenvalue weighted by Crippen LogP contribution is 2.22. The van der Waals surface area contributed by atoms with Crippen LogP contribution in [-0.2, 0) is 0 Å². The number of pyridine rings is 1. The summed E-state index contributed by atoms with van der Waals surface area (Å²) in [4.78, 5) is 15.3. The van der Waals surface area contributed by atoms with Gasteiger partial charge in [-0.15, -0.1) is 0 Å². The topological polar surface area (TPSA) is 55.1 Å². The molecule has 0 spiro atoms. The van der Waals surface area contributed by atoms with Crippen LogP contribution in [0.1, 0.15) is 10.4 Å². The lowest BCUT2D eigenvalue weighted by atomic mass is 10.2. The minimum Gasteiger partial charge on any atom is -0.478 e. The molecule has 0 unspecified atom stereocenters. The molecule has 0 radical (unpaired) electrons. The van der Waals surface area contributed by atoms with E-state index in [9.17, 15) is 9.18 Å². The SMILES string of the molecule is O=C(O)c1ccnc2c1ccn2-c1cccc(F)c1. The first kappa shape index (κ1) is 11.4. The first-order chi connectivity index (χ1) is 9.16. The molecule has 0 fully saturated rings. The number of hydrogen-bond acceptors (Lipinski definition) is 2. The second kappa shape index (κ2) is 4.20. The molecule has 4 nitrogen and oxygen atoms in total. The number of rotatable bonds is 2. The molecule has 0 saturated heterocycles. The highest BCUT2D eigenvalue weighted by atomic mass is 19.1. The Bertz CT molecular complexity index is 780. The van der Waals surface area contributed by atoms with E-state index in [1.807, 2.05) is 0 Å². The Balaban J connectivity index is 2.27. The molecule has 5 heteroatoms. The van der Waals surface area contributed by atoms with Crippen LogP contribution in [0.15, 0.2) is 48.8 Å². The molecular formula is C14H9FN2O2. The first-order valence-corrected chi connectivity index (χ1v) is 5.62. The van der Waals surface area contributed by atoms with Crippen LogP contribution in [-0.4, -0.2) is 20.6 Å². The summed E-state index contributed by atoms with van der Waals surface area (Å²) < 4.78 is 14.9. The first-order valence-electron chi connectivity index (χ1n) is 5.62. The summed E-state index contributed by atoms with van der Waals surface area (Å²) in [6.07, 6.45) is 3.11. The lowest BCUT2D eigenvalue weighted by Crippen LogP contribution is -1.99. The van der Waals surface area contributed by atoms with E-state index in [0.717, 1.165) is 0 Å². The molecule has 19 heavy (non-hydrogen) atoms. The fourth-order valence-corrected chi connectivity index (χ4v) is 2.06. The van der Waals surface area contributed by atoms with E-state index >= 15 is 0 Å². The van der Waals surface area contributed by atoms with Crippen LogP contribution in [0, 0.1) is 5.82 Å². The highest BCUT2D eigenvalue weighted by molar-refractivity contribution is 6.02. The Morgan fingerprint density at radius 1 is 1.26 bits per heavy atom. The van der Waals surface area contributed by atoms with Crippen molar-refractivity contribution >= 4 is 17.0 Å². The average molecular weight is 256 g/mol. The number of carbonyl (C=O) groups is 1. The molecule has 1 aromatic carbocycles. The van der Waals surface area contributed by atoms with Crippen molar-refractivity contribution in [3.8, 4) is 5.69 Å². The fourth-order valence-electron chi connectivity index (χ4n) is 2.06. The van der Waals surface area contributed by atoms with Gasteiger partial charge in [0.15, 0.2) is 0 Å². The summed E-state index contributed by atoms with van der Waals surface area (Å²) in [5.74, 6) is -1.36. The number of fused-ring (bicyclic) bond motifs is 1. The third kappa shape index (κ3) is 1.85. The number of aromatic nitrogens is 2. The van der Waals surface area contributed by atoms with E-state index in [4.69, 9.17) is 5.11 Å². The van der Waals surface area contributed by atoms with E-state index in [1.165, 1.54) is 24.4 Å². The van der Waals surface area contributed by atoms with Crippen LogP contribution in [0.25, 0.3) is 16.7 Å². The molecule has 0 aliphatic heterocycles. The molecule has 3 aromatic rings. The molecule has 0 amide bonds. The molecule has 1 N–H and O–H groups in total. The third-order valence-electron chi connectivity index (χ3n) is 2.90. The molecule has 94 valence electrons. The van der Waals surface area contributed by atoms with Crippen molar-refractivity contribution < 1.29 is 14.3 Å². The van der Waals surface area contributed by atoms with Gasteiger partial charge >= 0.3 is 5.97 Å². The lowest BCUT2D eigenvalue weighted by molar-refractivity contribution is 0.0699. The highest BCUT2D eigenvalue weighted by Gasteiger charge is 2.12. The number of aromatic carboxylic acids is 1. The fraction of sp³-hybridized carbons (Fsp3) is 0. The van der Waals surface area contributed by atoms with Gasteiger partial charge < -0.3 is 9.67 Å². The molecule has 2 heterocycles. The van der Waals surface area contributed by atoms with Gasteiger partial charge in [0.2, 0.25) is 0 Å². The Kier molecular flexibility index (Phi) is 2.52. The molecule has 0 saturated carbocycles. The lowest BCUT2D eigenvalue weighted by Gasteiger charge is -2.05. The zero-order valence-corrected chi connectivity index (χ0v) is 9.75. The zero-order chi connectivity index (χ0) is 13.4. The number of nitrogens with zero attached hydrogens (tertiary/aromatic N) is 2. The minimum absolute atomic E-state index is 0.181. The number of carboxylic acids is 1. The van der Waals surface area contributed by atoms with Gasteiger partial charge in [-0.05, 0) is 30.3 Å². The Labute approximate surface area is 107 Å². The molecular weight excluding hydrogens is 247 g/mol. The zero-order valence-electron chi connectivity index (χ0n) is 9.75. The number of hydrogen-bond donors (Lipinski definition) is 1. The molecule has 0 atom stereocenters. The molecule has 3 rings (SSSR count). The van der Waals surface area contributed by atoms with Gasteiger partial charge in [0.1, 0.15) is 11.5 Å². The van der Waals surface area contributed by atoms with Gasteiger partial charge in [-0.2, -0.15) is 0 Å². The Morgan fingerprint density at radius 2 is 2.11 bits per heavy atom. The van der Waals surface area contributed by atoms with Gasteiger partial charge in [-0.25, -0.2) is 14.2 Å². The molecule has 2 aromatic heterocycles. The monoisotopic (exact) mass is 256 g/mol. The van der Waals surface area contributed by atoms with E-state index in [0.29, 0.717) is 16.7 Å². The predicted octanol–water partition coefficient (Wildman–Crippen LogP) is 2.86. The van der Waals surface area contributed by atoms with Crippen LogP contribution in [0.2, 0.25) is 0 Å². The molecule has 0 bridgehead atoms. The van der Waals surface area contributed by atoms with Crippen LogP contribution in [0.3, 0.4) is 0 Å². The standard InChI is InChI=1S/C14H9FN2O2/c15-9-2-1-3-10(8-9)17-7-5-11-12(14(18)19)4-6-16-13(11)17/h1-8H,(H,18,19). The quantitative estimate of drug-likeness (QED) is 0.767. The molecule has 0 aliphatic carbocycles. The summed E-state index contributed by atoms with van der Waals surface area (Å²) in [7, 11) is 0. The van der Waals surface area contributed by atoms with E-state index < -0.39 is 5.97 Å². The van der Waals surface area contributed by atoms with Crippen LogP contribution < -0.4 is 0 Å². The normalized spacial score (nSPS) is 10.8. The maximum atomic E-state index is 13.2. The van der Waals surface area contributed by atoms with Crippen molar-refractivity contribution in [3.63, 3.8) is 0 Å². The second-order valence-corrected chi connectivity index (χ2v) is 4.07. The van der Waals surface area contributed by atoms with Gasteiger partial charge in [0, 0.05) is 23.5 Å². The maximum absolute atomic E-state index is 13.2. The van der Waals surface area contributed by atoms with Crippen LogP contribution in [0.4, 0.5) is 4.39 Å². The predicted molar refractivity (Wildman–Crippen MR) is 68.0 cm³/mol. The summed E-state index contributed by atoms with van der Waals surface area (Å²) in [5, 5.41) is 9.64. The summed E-state index contributed by atoms with van der Waals surface area (Å²) in [5.41, 5.74) is 1.27. The summed E-state index contributed by atoms with van der Waals surface area (Å²) in [6, 6.07) is 9.16. The maximum Gasteiger partial charge on any atom is 0.336 e. The van der Waals surface area contributed by atoms with Crippen molar-refractivity contribution in [1.29, 1.82) is 0 Å². The molecule has 0 aliphatic rings. The summed E-state index contributed by atoms with van der Waals surface area (Å²) in [6.45, 7) is 0. The Morgan fingerprint density at radius 3 is 2.84 bits per heavy atom.